The number of sulfonamides is 1. The molecule has 160 valence electrons. The summed E-state index contributed by atoms with van der Waals surface area (Å²) in [6.45, 7) is -0.483. The average Bonchev–Trinajstić information content (AvgIpc) is 3.23. The van der Waals surface area contributed by atoms with Crippen molar-refractivity contribution in [2.75, 3.05) is 13.7 Å². The van der Waals surface area contributed by atoms with Gasteiger partial charge in [0.15, 0.2) is 18.1 Å². The van der Waals surface area contributed by atoms with Crippen LogP contribution in [0.1, 0.15) is 23.5 Å². The van der Waals surface area contributed by atoms with Crippen molar-refractivity contribution in [1.29, 1.82) is 0 Å². The highest BCUT2D eigenvalue weighted by atomic mass is 32.2. The molecular weight excluding hydrogens is 410 g/mol. The first-order valence-electron chi connectivity index (χ1n) is 9.59. The van der Waals surface area contributed by atoms with Crippen molar-refractivity contribution in [2.45, 2.75) is 36.3 Å². The first-order valence-corrected chi connectivity index (χ1v) is 11.2. The molecule has 0 bridgehead atoms. The summed E-state index contributed by atoms with van der Waals surface area (Å²) in [6.07, 6.45) is -0.126. The molecule has 4 rings (SSSR count). The fourth-order valence-corrected chi connectivity index (χ4v) is 5.69. The zero-order valence-electron chi connectivity index (χ0n) is 16.4. The number of aliphatic carboxylic acids is 1. The summed E-state index contributed by atoms with van der Waals surface area (Å²) in [7, 11) is -2.08. The monoisotopic (exact) mass is 433 g/mol. The van der Waals surface area contributed by atoms with Crippen molar-refractivity contribution < 1.29 is 32.5 Å². The smallest absolute Gasteiger partial charge is 0.341 e. The van der Waals surface area contributed by atoms with E-state index in [0.29, 0.717) is 23.5 Å². The quantitative estimate of drug-likeness (QED) is 0.654. The molecular formula is C21H23NO7S. The standard InChI is InChI=1S/C21H23NO7S/c1-27-17-10-16-19(14-8-5-9-15(21(14)29-16)28-11-18(23)24)20(17)22-30(25,26)12-13-6-3-2-4-7-13/h2-9,16-17,19-20,22H,10-12H2,1H3,(H,23,24). The first-order chi connectivity index (χ1) is 14.4. The van der Waals surface area contributed by atoms with E-state index < -0.39 is 28.6 Å². The van der Waals surface area contributed by atoms with Gasteiger partial charge in [-0.1, -0.05) is 42.5 Å². The molecule has 9 heteroatoms. The second-order valence-corrected chi connectivity index (χ2v) is 9.19. The lowest BCUT2D eigenvalue weighted by Gasteiger charge is -2.24. The van der Waals surface area contributed by atoms with Crippen LogP contribution >= 0.6 is 0 Å². The number of hydrogen-bond donors (Lipinski definition) is 2. The van der Waals surface area contributed by atoms with Crippen molar-refractivity contribution in [1.82, 2.24) is 4.72 Å². The second-order valence-electron chi connectivity index (χ2n) is 7.44. The third-order valence-electron chi connectivity index (χ3n) is 5.46. The molecule has 30 heavy (non-hydrogen) atoms. The Bertz CT molecular complexity index is 1020. The Hall–Kier alpha value is -2.62. The molecule has 4 atom stereocenters. The van der Waals surface area contributed by atoms with E-state index in [0.717, 1.165) is 5.56 Å². The molecule has 1 saturated carbocycles. The number of carboxylic acid groups (broad SMARTS) is 1. The zero-order chi connectivity index (χ0) is 21.3. The molecule has 1 fully saturated rings. The lowest BCUT2D eigenvalue weighted by Crippen LogP contribution is -2.44. The van der Waals surface area contributed by atoms with Gasteiger partial charge in [-0.15, -0.1) is 0 Å². The molecule has 0 spiro atoms. The summed E-state index contributed by atoms with van der Waals surface area (Å²) in [5, 5.41) is 8.88. The Balaban J connectivity index is 1.59. The molecule has 1 heterocycles. The van der Waals surface area contributed by atoms with Crippen molar-refractivity contribution >= 4 is 16.0 Å². The van der Waals surface area contributed by atoms with Crippen molar-refractivity contribution in [3.8, 4) is 11.5 Å². The predicted molar refractivity (Wildman–Crippen MR) is 108 cm³/mol. The first kappa shape index (κ1) is 20.6. The number of methoxy groups -OCH3 is 1. The van der Waals surface area contributed by atoms with Gasteiger partial charge in [0.25, 0.3) is 0 Å². The van der Waals surface area contributed by atoms with E-state index in [-0.39, 0.29) is 23.9 Å². The Morgan fingerprint density at radius 1 is 1.20 bits per heavy atom. The molecule has 2 aromatic rings. The molecule has 8 nitrogen and oxygen atoms in total. The molecule has 0 saturated heterocycles. The third-order valence-corrected chi connectivity index (χ3v) is 6.80. The number of rotatable bonds is 8. The van der Waals surface area contributed by atoms with E-state index >= 15 is 0 Å². The van der Waals surface area contributed by atoms with Crippen molar-refractivity contribution in [2.24, 2.45) is 0 Å². The van der Waals surface area contributed by atoms with Gasteiger partial charge in [0, 0.05) is 25.0 Å². The fourth-order valence-electron chi connectivity index (χ4n) is 4.26. The van der Waals surface area contributed by atoms with Gasteiger partial charge in [-0.2, -0.15) is 0 Å². The predicted octanol–water partition coefficient (Wildman–Crippen LogP) is 1.90. The molecule has 1 aliphatic heterocycles. The van der Waals surface area contributed by atoms with Gasteiger partial charge in [0.05, 0.1) is 17.9 Å². The number of carbonyl (C=O) groups is 1. The van der Waals surface area contributed by atoms with Crippen LogP contribution in [0.3, 0.4) is 0 Å². The van der Waals surface area contributed by atoms with Crippen LogP contribution in [0.5, 0.6) is 11.5 Å². The molecule has 2 aliphatic rings. The molecule has 0 aromatic heterocycles. The van der Waals surface area contributed by atoms with Gasteiger partial charge >= 0.3 is 5.97 Å². The molecule has 0 radical (unpaired) electrons. The molecule has 0 amide bonds. The highest BCUT2D eigenvalue weighted by Gasteiger charge is 2.52. The van der Waals surface area contributed by atoms with Crippen LogP contribution in [-0.4, -0.2) is 51.5 Å². The maximum atomic E-state index is 12.9. The zero-order valence-corrected chi connectivity index (χ0v) is 17.2. The Morgan fingerprint density at radius 2 is 1.97 bits per heavy atom. The van der Waals surface area contributed by atoms with Gasteiger partial charge < -0.3 is 19.3 Å². The van der Waals surface area contributed by atoms with Gasteiger partial charge in [0.2, 0.25) is 10.0 Å². The van der Waals surface area contributed by atoms with Crippen molar-refractivity contribution in [3.63, 3.8) is 0 Å². The van der Waals surface area contributed by atoms with E-state index in [4.69, 9.17) is 19.3 Å². The van der Waals surface area contributed by atoms with Crippen LogP contribution in [0.15, 0.2) is 48.5 Å². The maximum Gasteiger partial charge on any atom is 0.341 e. The maximum absolute atomic E-state index is 12.9. The van der Waals surface area contributed by atoms with Gasteiger partial charge in [0.1, 0.15) is 6.10 Å². The Labute approximate surface area is 174 Å². The van der Waals surface area contributed by atoms with Crippen LogP contribution in [-0.2, 0) is 25.3 Å². The van der Waals surface area contributed by atoms with Gasteiger partial charge in [-0.05, 0) is 11.6 Å². The van der Waals surface area contributed by atoms with Gasteiger partial charge in [-0.25, -0.2) is 17.9 Å². The summed E-state index contributed by atoms with van der Waals surface area (Å²) in [4.78, 5) is 10.9. The van der Waals surface area contributed by atoms with Crippen LogP contribution < -0.4 is 14.2 Å². The van der Waals surface area contributed by atoms with E-state index in [1.54, 1.807) is 43.5 Å². The van der Waals surface area contributed by atoms with Crippen LogP contribution in [0, 0.1) is 0 Å². The van der Waals surface area contributed by atoms with Crippen LogP contribution in [0.2, 0.25) is 0 Å². The number of benzene rings is 2. The molecule has 1 aliphatic carbocycles. The fraction of sp³-hybridized carbons (Fsp3) is 0.381. The SMILES string of the molecule is COC1CC2Oc3c(OCC(=O)O)cccc3C2C1NS(=O)(=O)Cc1ccccc1. The molecule has 2 N–H and O–H groups in total. The largest absolute Gasteiger partial charge is 0.485 e. The van der Waals surface area contributed by atoms with Crippen LogP contribution in [0.25, 0.3) is 0 Å². The van der Waals surface area contributed by atoms with Gasteiger partial charge in [-0.3, -0.25) is 0 Å². The highest BCUT2D eigenvalue weighted by Crippen LogP contribution is 2.51. The summed E-state index contributed by atoms with van der Waals surface area (Å²) in [6, 6.07) is 13.7. The second kappa shape index (κ2) is 8.25. The van der Waals surface area contributed by atoms with Crippen molar-refractivity contribution in [3.05, 3.63) is 59.7 Å². The van der Waals surface area contributed by atoms with E-state index in [1.807, 2.05) is 12.1 Å². The topological polar surface area (TPSA) is 111 Å². The number of fused-ring (bicyclic) bond motifs is 3. The summed E-state index contributed by atoms with van der Waals surface area (Å²) in [5.41, 5.74) is 1.48. The third kappa shape index (κ3) is 4.14. The number of nitrogens with one attached hydrogen (secondary N) is 1. The van der Waals surface area contributed by atoms with Crippen LogP contribution in [0.4, 0.5) is 0 Å². The van der Waals surface area contributed by atoms with E-state index in [1.165, 1.54) is 0 Å². The number of ether oxygens (including phenoxy) is 3. The summed E-state index contributed by atoms with van der Waals surface area (Å²) < 4.78 is 45.5. The molecule has 4 unspecified atom stereocenters. The summed E-state index contributed by atoms with van der Waals surface area (Å²) in [5.74, 6) is -0.673. The minimum atomic E-state index is -3.63. The van der Waals surface area contributed by atoms with E-state index in [2.05, 4.69) is 4.72 Å². The average molecular weight is 433 g/mol. The number of carboxylic acids is 1. The minimum absolute atomic E-state index is 0.131. The number of para-hydroxylation sites is 1. The lowest BCUT2D eigenvalue weighted by atomic mass is 9.94. The van der Waals surface area contributed by atoms with E-state index in [9.17, 15) is 13.2 Å². The Morgan fingerprint density at radius 3 is 2.67 bits per heavy atom. The normalized spacial score (nSPS) is 24.7. The minimum Gasteiger partial charge on any atom is -0.485 e. The Kier molecular flexibility index (Phi) is 5.68. The number of hydrogen-bond acceptors (Lipinski definition) is 6. The lowest BCUT2D eigenvalue weighted by molar-refractivity contribution is -0.139. The summed E-state index contributed by atoms with van der Waals surface area (Å²) >= 11 is 0. The molecule has 2 aromatic carbocycles. The highest BCUT2D eigenvalue weighted by molar-refractivity contribution is 7.88.